The molecule has 74 valence electrons. The maximum atomic E-state index is 10.5. The predicted molar refractivity (Wildman–Crippen MR) is 47.8 cm³/mol. The molecule has 0 bridgehead atoms. The Labute approximate surface area is 110 Å². The number of benzene rings is 1. The van der Waals surface area contributed by atoms with E-state index in [2.05, 4.69) is 0 Å². The third-order valence-corrected chi connectivity index (χ3v) is 2.67. The standard InChI is InChI=1S/C7H7ClO3S.Na.H2O/c1-5-2-3-6(4-7(5)8)12(9,10)11;;/h2-4H,1H3,(H,9,10,11);;1H2/q;+1;/p-1. The van der Waals surface area contributed by atoms with Gasteiger partial charge in [-0.05, 0) is 24.6 Å². The zero-order valence-corrected chi connectivity index (χ0v) is 11.3. The summed E-state index contributed by atoms with van der Waals surface area (Å²) < 4.78 is 31.4. The molecule has 0 aliphatic heterocycles. The van der Waals surface area contributed by atoms with Crippen molar-refractivity contribution in [1.29, 1.82) is 0 Å². The van der Waals surface area contributed by atoms with Crippen LogP contribution in [0.5, 0.6) is 0 Å². The van der Waals surface area contributed by atoms with Gasteiger partial charge in [0.15, 0.2) is 0 Å². The largest absolute Gasteiger partial charge is 1.00 e. The summed E-state index contributed by atoms with van der Waals surface area (Å²) in [6.45, 7) is 1.73. The molecule has 0 fully saturated rings. The van der Waals surface area contributed by atoms with Gasteiger partial charge >= 0.3 is 29.6 Å². The van der Waals surface area contributed by atoms with Crippen LogP contribution < -0.4 is 29.6 Å². The normalized spacial score (nSPS) is 9.93. The fraction of sp³-hybridized carbons (Fsp3) is 0.143. The van der Waals surface area contributed by atoms with E-state index in [-0.39, 0.29) is 45.0 Å². The summed E-state index contributed by atoms with van der Waals surface area (Å²) in [5.41, 5.74) is 0.740. The Hall–Kier alpha value is 0.380. The molecule has 0 saturated heterocycles. The van der Waals surface area contributed by atoms with E-state index in [0.717, 1.165) is 11.6 Å². The van der Waals surface area contributed by atoms with Gasteiger partial charge in [0.2, 0.25) is 0 Å². The first-order chi connectivity index (χ1) is 5.41. The van der Waals surface area contributed by atoms with E-state index in [1.807, 2.05) is 0 Å². The van der Waals surface area contributed by atoms with Gasteiger partial charge < -0.3 is 10.0 Å². The Morgan fingerprint density at radius 2 is 1.86 bits per heavy atom. The molecule has 4 nitrogen and oxygen atoms in total. The van der Waals surface area contributed by atoms with Crippen LogP contribution in [0.1, 0.15) is 5.56 Å². The molecule has 0 unspecified atom stereocenters. The van der Waals surface area contributed by atoms with E-state index in [4.69, 9.17) is 11.6 Å². The second-order valence-electron chi connectivity index (χ2n) is 2.37. The Morgan fingerprint density at radius 1 is 1.36 bits per heavy atom. The topological polar surface area (TPSA) is 88.7 Å². The molecule has 0 atom stereocenters. The maximum Gasteiger partial charge on any atom is 1.00 e. The SMILES string of the molecule is Cc1ccc(S(=O)(=O)[O-])cc1Cl.O.[Na+]. The molecule has 0 aliphatic rings. The van der Waals surface area contributed by atoms with Crippen LogP contribution in [-0.4, -0.2) is 18.4 Å². The van der Waals surface area contributed by atoms with Crippen LogP contribution >= 0.6 is 11.6 Å². The summed E-state index contributed by atoms with van der Waals surface area (Å²) in [7, 11) is -4.38. The fourth-order valence-electron chi connectivity index (χ4n) is 0.729. The van der Waals surface area contributed by atoms with Crippen LogP contribution in [0.25, 0.3) is 0 Å². The summed E-state index contributed by atoms with van der Waals surface area (Å²) in [5.74, 6) is 0. The zero-order chi connectivity index (χ0) is 9.35. The molecule has 0 aliphatic carbocycles. The van der Waals surface area contributed by atoms with Crippen LogP contribution in [0.3, 0.4) is 0 Å². The number of rotatable bonds is 1. The molecule has 1 aromatic rings. The van der Waals surface area contributed by atoms with E-state index < -0.39 is 10.1 Å². The maximum absolute atomic E-state index is 10.5. The molecule has 1 rings (SSSR count). The number of halogens is 1. The van der Waals surface area contributed by atoms with E-state index >= 15 is 0 Å². The quantitative estimate of drug-likeness (QED) is 0.414. The Morgan fingerprint density at radius 3 is 2.21 bits per heavy atom. The number of hydrogen-bond acceptors (Lipinski definition) is 3. The smallest absolute Gasteiger partial charge is 0.744 e. The molecule has 0 aromatic heterocycles. The van der Waals surface area contributed by atoms with Gasteiger partial charge in [-0.15, -0.1) is 0 Å². The molecule has 0 amide bonds. The van der Waals surface area contributed by atoms with Crippen LogP contribution in [-0.2, 0) is 10.1 Å². The van der Waals surface area contributed by atoms with Crippen LogP contribution in [0.2, 0.25) is 5.02 Å². The van der Waals surface area contributed by atoms with Crippen molar-refractivity contribution in [1.82, 2.24) is 0 Å². The van der Waals surface area contributed by atoms with Gasteiger partial charge in [0.1, 0.15) is 10.1 Å². The second kappa shape index (κ2) is 6.07. The van der Waals surface area contributed by atoms with Gasteiger partial charge in [-0.1, -0.05) is 17.7 Å². The average molecular weight is 247 g/mol. The molecule has 14 heavy (non-hydrogen) atoms. The number of aryl methyl sites for hydroxylation is 1. The Bertz CT molecular complexity index is 404. The number of hydrogen-bond donors (Lipinski definition) is 0. The molecular formula is C7H8ClNaO4S. The monoisotopic (exact) mass is 246 g/mol. The van der Waals surface area contributed by atoms with Crippen molar-refractivity contribution < 1.29 is 48.0 Å². The van der Waals surface area contributed by atoms with Crippen molar-refractivity contribution in [3.8, 4) is 0 Å². The van der Waals surface area contributed by atoms with Crippen molar-refractivity contribution in [2.75, 3.05) is 0 Å². The summed E-state index contributed by atoms with van der Waals surface area (Å²) >= 11 is 5.62. The van der Waals surface area contributed by atoms with Gasteiger partial charge in [-0.25, -0.2) is 8.42 Å². The first-order valence-electron chi connectivity index (χ1n) is 3.13. The second-order valence-corrected chi connectivity index (χ2v) is 4.15. The van der Waals surface area contributed by atoms with Gasteiger partial charge in [0.05, 0.1) is 4.90 Å². The zero-order valence-electron chi connectivity index (χ0n) is 7.74. The summed E-state index contributed by atoms with van der Waals surface area (Å²) in [6, 6.07) is 3.88. The summed E-state index contributed by atoms with van der Waals surface area (Å²) in [6.07, 6.45) is 0. The minimum Gasteiger partial charge on any atom is -0.744 e. The third kappa shape index (κ3) is 4.27. The van der Waals surface area contributed by atoms with Crippen molar-refractivity contribution in [2.24, 2.45) is 0 Å². The summed E-state index contributed by atoms with van der Waals surface area (Å²) in [5, 5.41) is 0.284. The molecule has 2 N–H and O–H groups in total. The molecule has 7 heteroatoms. The first-order valence-corrected chi connectivity index (χ1v) is 4.92. The first kappa shape index (κ1) is 16.8. The van der Waals surface area contributed by atoms with Crippen molar-refractivity contribution in [3.05, 3.63) is 28.8 Å². The summed E-state index contributed by atoms with van der Waals surface area (Å²) in [4.78, 5) is -0.293. The Kier molecular flexibility index (Phi) is 7.28. The van der Waals surface area contributed by atoms with Crippen molar-refractivity contribution in [2.45, 2.75) is 11.8 Å². The van der Waals surface area contributed by atoms with E-state index in [1.165, 1.54) is 12.1 Å². The van der Waals surface area contributed by atoms with E-state index in [1.54, 1.807) is 6.92 Å². The third-order valence-electron chi connectivity index (χ3n) is 1.43. The molecule has 0 heterocycles. The van der Waals surface area contributed by atoms with Crippen LogP contribution in [0.15, 0.2) is 23.1 Å². The molecular weight excluding hydrogens is 239 g/mol. The predicted octanol–water partition coefficient (Wildman–Crippen LogP) is -2.27. The van der Waals surface area contributed by atoms with Gasteiger partial charge in [0.25, 0.3) is 0 Å². The van der Waals surface area contributed by atoms with Gasteiger partial charge in [-0.2, -0.15) is 0 Å². The van der Waals surface area contributed by atoms with Crippen molar-refractivity contribution in [3.63, 3.8) is 0 Å². The Balaban J connectivity index is 0. The molecule has 0 radical (unpaired) electrons. The molecule has 0 spiro atoms. The van der Waals surface area contributed by atoms with Crippen molar-refractivity contribution >= 4 is 21.7 Å². The van der Waals surface area contributed by atoms with E-state index in [0.29, 0.717) is 0 Å². The average Bonchev–Trinajstić information content (AvgIpc) is 1.92. The van der Waals surface area contributed by atoms with Crippen LogP contribution in [0, 0.1) is 6.92 Å². The van der Waals surface area contributed by atoms with Crippen LogP contribution in [0.4, 0.5) is 0 Å². The molecule has 0 saturated carbocycles. The fourth-order valence-corrected chi connectivity index (χ4v) is 1.47. The minimum atomic E-state index is -4.38. The van der Waals surface area contributed by atoms with Gasteiger partial charge in [-0.3, -0.25) is 0 Å². The van der Waals surface area contributed by atoms with E-state index in [9.17, 15) is 13.0 Å². The molecule has 1 aromatic carbocycles. The van der Waals surface area contributed by atoms with Gasteiger partial charge in [0, 0.05) is 5.02 Å². The minimum absolute atomic E-state index is 0.